The molecule has 1 heterocycles. The minimum Gasteiger partial charge on any atom is -0.304 e. The van der Waals surface area contributed by atoms with Crippen LogP contribution < -0.4 is 15.4 Å². The van der Waals surface area contributed by atoms with Crippen molar-refractivity contribution >= 4 is 23.2 Å². The molecule has 0 bridgehead atoms. The van der Waals surface area contributed by atoms with Crippen LogP contribution in [-0.4, -0.2) is 15.9 Å². The second-order valence-electron chi connectivity index (χ2n) is 4.06. The van der Waals surface area contributed by atoms with Crippen LogP contribution in [0.2, 0.25) is 0 Å². The molecule has 2 aromatic rings. The first-order valence-corrected chi connectivity index (χ1v) is 5.95. The Bertz CT molecular complexity index is 734. The number of amides is 2. The lowest BCUT2D eigenvalue weighted by Gasteiger charge is -2.03. The average Bonchev–Trinajstić information content (AvgIpc) is 2.48. The molecular formula is C12H10N5O5+. The summed E-state index contributed by atoms with van der Waals surface area (Å²) in [6.45, 7) is 0. The Hall–Kier alpha value is -3.56. The number of carbonyl (C=O) groups excluding carboxylic acids is 1. The van der Waals surface area contributed by atoms with E-state index in [9.17, 15) is 25.0 Å². The van der Waals surface area contributed by atoms with Gasteiger partial charge in [0, 0.05) is 5.69 Å². The largest absolute Gasteiger partial charge is 0.537 e. The number of rotatable bonds is 4. The molecule has 0 atom stereocenters. The van der Waals surface area contributed by atoms with Crippen molar-refractivity contribution in [3.05, 3.63) is 68.9 Å². The first-order chi connectivity index (χ1) is 10.5. The number of carbonyl (C=O) groups is 1. The Morgan fingerprint density at radius 2 is 1.73 bits per heavy atom. The van der Waals surface area contributed by atoms with Gasteiger partial charge in [0.2, 0.25) is 6.20 Å². The molecule has 0 aliphatic carbocycles. The van der Waals surface area contributed by atoms with Gasteiger partial charge in [0.1, 0.15) is 4.92 Å². The fraction of sp³-hybridized carbons (Fsp3) is 0. The number of anilines is 1. The molecule has 22 heavy (non-hydrogen) atoms. The highest BCUT2D eigenvalue weighted by molar-refractivity contribution is 5.93. The molecule has 0 aliphatic heterocycles. The highest BCUT2D eigenvalue weighted by Gasteiger charge is 2.29. The Labute approximate surface area is 123 Å². The number of benzene rings is 1. The van der Waals surface area contributed by atoms with E-state index in [4.69, 9.17) is 0 Å². The van der Waals surface area contributed by atoms with Crippen molar-refractivity contribution in [2.75, 3.05) is 10.7 Å². The van der Waals surface area contributed by atoms with E-state index in [2.05, 4.69) is 10.7 Å². The zero-order valence-corrected chi connectivity index (χ0v) is 11.0. The first-order valence-electron chi connectivity index (χ1n) is 5.95. The highest BCUT2D eigenvalue weighted by Crippen LogP contribution is 2.14. The predicted octanol–water partition coefficient (Wildman–Crippen LogP) is 1.57. The Kier molecular flexibility index (Phi) is 4.22. The summed E-state index contributed by atoms with van der Waals surface area (Å²) in [4.78, 5) is 31.7. The number of urea groups is 1. The molecule has 1 aromatic heterocycles. The van der Waals surface area contributed by atoms with Gasteiger partial charge in [-0.1, -0.05) is 23.6 Å². The summed E-state index contributed by atoms with van der Waals surface area (Å²) in [5.74, 6) is -0.641. The van der Waals surface area contributed by atoms with Gasteiger partial charge in [0.15, 0.2) is 6.07 Å². The Balaban J connectivity index is 2.20. The van der Waals surface area contributed by atoms with Crippen molar-refractivity contribution < 1.29 is 19.3 Å². The summed E-state index contributed by atoms with van der Waals surface area (Å²) in [5, 5.41) is 24.0. The van der Waals surface area contributed by atoms with Crippen LogP contribution in [0, 0.1) is 20.2 Å². The van der Waals surface area contributed by atoms with Crippen LogP contribution in [-0.2, 0) is 0 Å². The van der Waals surface area contributed by atoms with Gasteiger partial charge in [0.25, 0.3) is 5.69 Å². The van der Waals surface area contributed by atoms with Gasteiger partial charge in [-0.25, -0.2) is 4.79 Å². The molecule has 0 aliphatic rings. The quantitative estimate of drug-likeness (QED) is 0.502. The van der Waals surface area contributed by atoms with E-state index >= 15 is 0 Å². The fourth-order valence-corrected chi connectivity index (χ4v) is 1.62. The summed E-state index contributed by atoms with van der Waals surface area (Å²) in [6, 6.07) is 9.50. The summed E-state index contributed by atoms with van der Waals surface area (Å²) >= 11 is 0. The SMILES string of the molecule is O=C(Nc1ccccc1)N[n+]1ccc([N+](=O)[O-])cc1[N+](=O)[O-]. The first kappa shape index (κ1) is 14.8. The van der Waals surface area contributed by atoms with E-state index in [1.807, 2.05) is 0 Å². The Morgan fingerprint density at radius 1 is 1.05 bits per heavy atom. The third kappa shape index (κ3) is 3.50. The van der Waals surface area contributed by atoms with Gasteiger partial charge < -0.3 is 5.32 Å². The second-order valence-corrected chi connectivity index (χ2v) is 4.06. The number of hydrogen-bond donors (Lipinski definition) is 2. The maximum Gasteiger partial charge on any atom is 0.537 e. The van der Waals surface area contributed by atoms with Gasteiger partial charge >= 0.3 is 11.8 Å². The van der Waals surface area contributed by atoms with Crippen molar-refractivity contribution in [3.8, 4) is 0 Å². The van der Waals surface area contributed by atoms with E-state index in [1.54, 1.807) is 30.3 Å². The number of pyridine rings is 1. The van der Waals surface area contributed by atoms with Crippen molar-refractivity contribution in [1.29, 1.82) is 0 Å². The van der Waals surface area contributed by atoms with E-state index in [0.29, 0.717) is 5.69 Å². The van der Waals surface area contributed by atoms with Gasteiger partial charge in [-0.15, -0.1) is 0 Å². The molecule has 2 N–H and O–H groups in total. The molecule has 10 nitrogen and oxygen atoms in total. The lowest BCUT2D eigenvalue weighted by molar-refractivity contribution is -0.692. The third-order valence-corrected chi connectivity index (χ3v) is 2.57. The van der Waals surface area contributed by atoms with Gasteiger partial charge in [-0.2, -0.15) is 0 Å². The molecule has 0 unspecified atom stereocenters. The van der Waals surface area contributed by atoms with Gasteiger partial charge in [-0.3, -0.25) is 20.2 Å². The molecule has 2 amide bonds. The Morgan fingerprint density at radius 3 is 2.32 bits per heavy atom. The lowest BCUT2D eigenvalue weighted by Crippen LogP contribution is -2.51. The van der Waals surface area contributed by atoms with E-state index in [1.165, 1.54) is 0 Å². The zero-order chi connectivity index (χ0) is 16.1. The summed E-state index contributed by atoms with van der Waals surface area (Å²) in [5.41, 5.74) is 2.25. The normalized spacial score (nSPS) is 9.82. The number of nitrogens with one attached hydrogen (secondary N) is 2. The van der Waals surface area contributed by atoms with Crippen LogP contribution in [0.4, 0.5) is 22.0 Å². The number of nitrogens with zero attached hydrogens (tertiary/aromatic N) is 3. The molecule has 0 fully saturated rings. The van der Waals surface area contributed by atoms with Crippen LogP contribution >= 0.6 is 0 Å². The van der Waals surface area contributed by atoms with Crippen molar-refractivity contribution in [2.24, 2.45) is 0 Å². The van der Waals surface area contributed by atoms with Crippen LogP contribution in [0.3, 0.4) is 0 Å². The molecule has 0 radical (unpaired) electrons. The van der Waals surface area contributed by atoms with Crippen LogP contribution in [0.25, 0.3) is 0 Å². The molecule has 112 valence electrons. The van der Waals surface area contributed by atoms with E-state index in [0.717, 1.165) is 23.0 Å². The molecule has 2 rings (SSSR count). The van der Waals surface area contributed by atoms with Gasteiger partial charge in [0.05, 0.1) is 11.0 Å². The number of para-hydroxylation sites is 1. The smallest absolute Gasteiger partial charge is 0.304 e. The minimum absolute atomic E-state index is 0.451. The molecule has 0 saturated heterocycles. The third-order valence-electron chi connectivity index (χ3n) is 2.57. The van der Waals surface area contributed by atoms with E-state index in [-0.39, 0.29) is 0 Å². The number of hydrogen-bond acceptors (Lipinski definition) is 5. The number of aromatic nitrogens is 1. The predicted molar refractivity (Wildman–Crippen MR) is 74.8 cm³/mol. The van der Waals surface area contributed by atoms with Gasteiger partial charge in [-0.05, 0) is 16.8 Å². The molecule has 1 aromatic carbocycles. The van der Waals surface area contributed by atoms with Crippen molar-refractivity contribution in [2.45, 2.75) is 0 Å². The maximum atomic E-state index is 11.8. The summed E-state index contributed by atoms with van der Waals surface area (Å²) < 4.78 is 0.783. The zero-order valence-electron chi connectivity index (χ0n) is 11.0. The molecule has 10 heteroatoms. The van der Waals surface area contributed by atoms with Crippen LogP contribution in [0.1, 0.15) is 0 Å². The topological polar surface area (TPSA) is 131 Å². The van der Waals surface area contributed by atoms with E-state index < -0.39 is 27.4 Å². The number of nitro groups is 2. The standard InChI is InChI=1S/C12H9N5O5/c18-12(13-9-4-2-1-3-5-9)14-15-7-6-10(16(19)20)8-11(15)17(21)22/h1-8H,(H-,13,14,18)/p+1. The van der Waals surface area contributed by atoms with Crippen molar-refractivity contribution in [3.63, 3.8) is 0 Å². The average molecular weight is 304 g/mol. The highest BCUT2D eigenvalue weighted by atomic mass is 16.6. The fourth-order valence-electron chi connectivity index (χ4n) is 1.62. The molecule has 0 spiro atoms. The van der Waals surface area contributed by atoms with Crippen LogP contribution in [0.5, 0.6) is 0 Å². The minimum atomic E-state index is -0.838. The molecule has 0 saturated carbocycles. The van der Waals surface area contributed by atoms with Crippen LogP contribution in [0.15, 0.2) is 48.7 Å². The summed E-state index contributed by atoms with van der Waals surface area (Å²) in [6.07, 6.45) is 1.03. The molecular weight excluding hydrogens is 294 g/mol. The summed E-state index contributed by atoms with van der Waals surface area (Å²) in [7, 11) is 0. The maximum absolute atomic E-state index is 11.8. The monoisotopic (exact) mass is 304 g/mol. The lowest BCUT2D eigenvalue weighted by atomic mass is 10.3. The van der Waals surface area contributed by atoms with Crippen molar-refractivity contribution in [1.82, 2.24) is 0 Å². The second kappa shape index (κ2) is 6.26.